The lowest BCUT2D eigenvalue weighted by Crippen LogP contribution is -2.12. The molecule has 0 atom stereocenters. The summed E-state index contributed by atoms with van der Waals surface area (Å²) >= 11 is 0. The Morgan fingerprint density at radius 1 is 0.397 bits per heavy atom. The highest BCUT2D eigenvalue weighted by Gasteiger charge is 2.38. The second-order valence-electron chi connectivity index (χ2n) is 13.6. The van der Waals surface area contributed by atoms with Crippen molar-refractivity contribution in [2.24, 2.45) is 0 Å². The van der Waals surface area contributed by atoms with Crippen LogP contribution in [-0.4, -0.2) is 19.5 Å². The minimum atomic E-state index is -5.05. The second-order valence-corrected chi connectivity index (χ2v) is 13.6. The Morgan fingerprint density at radius 3 is 1.64 bits per heavy atom. The first-order valence-electron chi connectivity index (χ1n) is 18.0. The molecule has 58 heavy (non-hydrogen) atoms. The van der Waals surface area contributed by atoms with Gasteiger partial charge in [0.05, 0.1) is 22.2 Å². The third-order valence-electron chi connectivity index (χ3n) is 10.0. The molecule has 0 saturated carbocycles. The SMILES string of the molecule is Fc1ccccc1-c1ccc(-n2c3ccccc3c3cc(-c4ccc(C(F)(F)F)cc4C(F)(F)F)ccc32)cc1-c1nc(-c2ccccc2)nc(-c2ccccc2)n1. The Bertz CT molecular complexity index is 2930. The van der Waals surface area contributed by atoms with Crippen molar-refractivity contribution < 1.29 is 30.7 Å². The van der Waals surface area contributed by atoms with Crippen LogP contribution in [0.5, 0.6) is 0 Å². The molecule has 0 saturated heterocycles. The van der Waals surface area contributed by atoms with E-state index >= 15 is 4.39 Å². The van der Waals surface area contributed by atoms with Gasteiger partial charge in [0, 0.05) is 38.7 Å². The molecule has 2 aromatic heterocycles. The van der Waals surface area contributed by atoms with Gasteiger partial charge >= 0.3 is 12.4 Å². The van der Waals surface area contributed by atoms with Crippen LogP contribution >= 0.6 is 0 Å². The van der Waals surface area contributed by atoms with Crippen LogP contribution in [0.15, 0.2) is 164 Å². The van der Waals surface area contributed by atoms with Gasteiger partial charge in [-0.1, -0.05) is 115 Å². The zero-order valence-corrected chi connectivity index (χ0v) is 30.0. The van der Waals surface area contributed by atoms with Crippen LogP contribution in [0, 0.1) is 5.82 Å². The highest BCUT2D eigenvalue weighted by molar-refractivity contribution is 6.10. The van der Waals surface area contributed by atoms with Crippen molar-refractivity contribution >= 4 is 21.8 Å². The fraction of sp³-hybridized carbons (Fsp3) is 0.0426. The first-order valence-corrected chi connectivity index (χ1v) is 18.0. The number of aromatic nitrogens is 4. The molecule has 0 unspecified atom stereocenters. The number of rotatable bonds is 6. The van der Waals surface area contributed by atoms with Gasteiger partial charge in [0.2, 0.25) is 0 Å². The molecule has 9 aromatic rings. The predicted octanol–water partition coefficient (Wildman–Crippen LogP) is 13.5. The Kier molecular flexibility index (Phi) is 8.88. The standard InChI is InChI=1S/C47H27F7N4/c48-40-17-9-7-15-35(40)34-23-21-32(27-38(34)45-56-43(28-11-3-1-4-12-28)55-44(57-45)29-13-5-2-6-14-29)58-41-18-10-8-16-36(41)37-25-30(19-24-42(37)58)33-22-20-31(46(49,50)51)26-39(33)47(52,53)54/h1-27H. The van der Waals surface area contributed by atoms with E-state index in [1.165, 1.54) is 12.1 Å². The molecule has 0 aliphatic carbocycles. The van der Waals surface area contributed by atoms with Gasteiger partial charge in [-0.3, -0.25) is 0 Å². The Hall–Kier alpha value is -7.14. The Morgan fingerprint density at radius 2 is 0.983 bits per heavy atom. The van der Waals surface area contributed by atoms with Gasteiger partial charge in [-0.2, -0.15) is 26.3 Å². The first kappa shape index (κ1) is 36.5. The van der Waals surface area contributed by atoms with Gasteiger partial charge in [0.25, 0.3) is 0 Å². The van der Waals surface area contributed by atoms with Crippen LogP contribution in [0.25, 0.3) is 83.9 Å². The average molecular weight is 781 g/mol. The third kappa shape index (κ3) is 6.64. The van der Waals surface area contributed by atoms with Crippen LogP contribution in [0.4, 0.5) is 30.7 Å². The summed E-state index contributed by atoms with van der Waals surface area (Å²) in [6.07, 6.45) is -10.0. The molecule has 11 heteroatoms. The maximum absolute atomic E-state index is 15.6. The Labute approximate surface area is 326 Å². The smallest absolute Gasteiger partial charge is 0.309 e. The summed E-state index contributed by atoms with van der Waals surface area (Å²) in [5, 5.41) is 1.26. The maximum atomic E-state index is 15.6. The minimum Gasteiger partial charge on any atom is -0.309 e. The van der Waals surface area contributed by atoms with E-state index in [0.29, 0.717) is 61.9 Å². The predicted molar refractivity (Wildman–Crippen MR) is 211 cm³/mol. The van der Waals surface area contributed by atoms with Crippen molar-refractivity contribution in [2.45, 2.75) is 12.4 Å². The number of benzene rings is 7. The summed E-state index contributed by atoms with van der Waals surface area (Å²) in [7, 11) is 0. The molecule has 7 aromatic carbocycles. The van der Waals surface area contributed by atoms with Crippen molar-refractivity contribution in [3.63, 3.8) is 0 Å². The minimum absolute atomic E-state index is 0.0964. The number of hydrogen-bond donors (Lipinski definition) is 0. The van der Waals surface area contributed by atoms with Crippen LogP contribution in [-0.2, 0) is 12.4 Å². The van der Waals surface area contributed by atoms with Gasteiger partial charge in [-0.25, -0.2) is 19.3 Å². The molecular weight excluding hydrogens is 754 g/mol. The molecule has 0 amide bonds. The highest BCUT2D eigenvalue weighted by Crippen LogP contribution is 2.43. The molecule has 0 aliphatic rings. The van der Waals surface area contributed by atoms with Crippen molar-refractivity contribution in [1.29, 1.82) is 0 Å². The number of alkyl halides is 6. The molecular formula is C47H27F7N4. The lowest BCUT2D eigenvalue weighted by atomic mass is 9.95. The van der Waals surface area contributed by atoms with Gasteiger partial charge < -0.3 is 4.57 Å². The summed E-state index contributed by atoms with van der Waals surface area (Å²) in [5.74, 6) is 0.626. The fourth-order valence-electron chi connectivity index (χ4n) is 7.33. The van der Waals surface area contributed by atoms with Crippen molar-refractivity contribution in [3.8, 4) is 62.1 Å². The molecule has 4 nitrogen and oxygen atoms in total. The zero-order chi connectivity index (χ0) is 40.2. The summed E-state index contributed by atoms with van der Waals surface area (Å²) in [6, 6.07) is 44.3. The second kappa shape index (κ2) is 14.1. The molecule has 0 bridgehead atoms. The van der Waals surface area contributed by atoms with Crippen molar-refractivity contribution in [1.82, 2.24) is 19.5 Å². The van der Waals surface area contributed by atoms with Gasteiger partial charge in [0.1, 0.15) is 5.82 Å². The summed E-state index contributed by atoms with van der Waals surface area (Å²) in [5.41, 5.74) is 1.67. The van der Waals surface area contributed by atoms with Crippen molar-refractivity contribution in [2.75, 3.05) is 0 Å². The molecule has 284 valence electrons. The number of nitrogens with zero attached hydrogens (tertiary/aromatic N) is 4. The monoisotopic (exact) mass is 780 g/mol. The first-order chi connectivity index (χ1) is 27.9. The van der Waals surface area contributed by atoms with E-state index in [4.69, 9.17) is 15.0 Å². The van der Waals surface area contributed by atoms with Gasteiger partial charge in [0.15, 0.2) is 17.5 Å². The van der Waals surface area contributed by atoms with E-state index in [9.17, 15) is 26.3 Å². The van der Waals surface area contributed by atoms with E-state index in [2.05, 4.69) is 0 Å². The average Bonchev–Trinajstić information content (AvgIpc) is 3.57. The molecule has 0 radical (unpaired) electrons. The fourth-order valence-corrected chi connectivity index (χ4v) is 7.33. The molecule has 0 fully saturated rings. The summed E-state index contributed by atoms with van der Waals surface area (Å²) in [6.45, 7) is 0. The van der Waals surface area contributed by atoms with Crippen LogP contribution in [0.3, 0.4) is 0 Å². The quantitative estimate of drug-likeness (QED) is 0.158. The largest absolute Gasteiger partial charge is 0.417 e. The van der Waals surface area contributed by atoms with Crippen LogP contribution in [0.2, 0.25) is 0 Å². The molecule has 9 rings (SSSR count). The van der Waals surface area contributed by atoms with E-state index in [1.807, 2.05) is 95.6 Å². The van der Waals surface area contributed by atoms with E-state index in [-0.39, 0.29) is 23.0 Å². The van der Waals surface area contributed by atoms with Gasteiger partial charge in [-0.15, -0.1) is 0 Å². The molecule has 2 heterocycles. The number of halogens is 7. The van der Waals surface area contributed by atoms with Gasteiger partial charge in [-0.05, 0) is 65.2 Å². The number of para-hydroxylation sites is 1. The maximum Gasteiger partial charge on any atom is 0.417 e. The van der Waals surface area contributed by atoms with E-state index in [1.54, 1.807) is 42.5 Å². The lowest BCUT2D eigenvalue weighted by molar-refractivity contribution is -0.142. The Balaban J connectivity index is 1.28. The van der Waals surface area contributed by atoms with Crippen LogP contribution < -0.4 is 0 Å². The lowest BCUT2D eigenvalue weighted by Gasteiger charge is -2.17. The molecule has 0 spiro atoms. The summed E-state index contributed by atoms with van der Waals surface area (Å²) < 4.78 is 101. The zero-order valence-electron chi connectivity index (χ0n) is 30.0. The molecule has 0 N–H and O–H groups in total. The highest BCUT2D eigenvalue weighted by atomic mass is 19.4. The van der Waals surface area contributed by atoms with E-state index < -0.39 is 29.3 Å². The summed E-state index contributed by atoms with van der Waals surface area (Å²) in [4.78, 5) is 14.7. The van der Waals surface area contributed by atoms with E-state index in [0.717, 1.165) is 17.2 Å². The van der Waals surface area contributed by atoms with Crippen molar-refractivity contribution in [3.05, 3.63) is 181 Å². The van der Waals surface area contributed by atoms with Crippen LogP contribution in [0.1, 0.15) is 11.1 Å². The normalized spacial score (nSPS) is 12.1. The molecule has 0 aliphatic heterocycles. The topological polar surface area (TPSA) is 43.6 Å². The third-order valence-corrected chi connectivity index (χ3v) is 10.0. The number of fused-ring (bicyclic) bond motifs is 3. The number of hydrogen-bond acceptors (Lipinski definition) is 3.